The number of halogens is 1. The summed E-state index contributed by atoms with van der Waals surface area (Å²) in [5.74, 6) is 0.676. The summed E-state index contributed by atoms with van der Waals surface area (Å²) in [5, 5.41) is 2.58. The minimum atomic E-state index is -0.337. The standard InChI is InChI=1S/C27H27FN2O5S/c1-33-21-12-18(13-22(34-2)27(21)35-3)24-14-26(32)30(20-6-4-5-7-23(20)36-24)16-25(31)29-15-17-8-10-19(28)11-9-17/h4-13,24H,14-16H2,1-3H3,(H,29,31)/t24-/m0/s1. The molecule has 0 radical (unpaired) electrons. The maximum absolute atomic E-state index is 13.4. The summed E-state index contributed by atoms with van der Waals surface area (Å²) in [5.41, 5.74) is 2.30. The number of amides is 2. The van der Waals surface area contributed by atoms with Crippen LogP contribution in [0.1, 0.15) is 22.8 Å². The average molecular weight is 511 g/mol. The molecular weight excluding hydrogens is 483 g/mol. The smallest absolute Gasteiger partial charge is 0.240 e. The highest BCUT2D eigenvalue weighted by Crippen LogP contribution is 2.48. The molecule has 1 atom stereocenters. The SMILES string of the molecule is COc1cc([C@@H]2CC(=O)N(CC(=O)NCc3ccc(F)cc3)c3ccccc3S2)cc(OC)c1OC. The van der Waals surface area contributed by atoms with Gasteiger partial charge in [0.2, 0.25) is 17.6 Å². The van der Waals surface area contributed by atoms with E-state index < -0.39 is 0 Å². The van der Waals surface area contributed by atoms with E-state index in [0.29, 0.717) is 22.9 Å². The van der Waals surface area contributed by atoms with Crippen LogP contribution in [0, 0.1) is 5.82 Å². The summed E-state index contributed by atoms with van der Waals surface area (Å²) in [6.07, 6.45) is 0.170. The van der Waals surface area contributed by atoms with Crippen LogP contribution in [0.2, 0.25) is 0 Å². The second kappa shape index (κ2) is 11.3. The molecule has 0 spiro atoms. The molecule has 188 valence electrons. The number of carbonyl (C=O) groups is 2. The molecule has 9 heteroatoms. The van der Waals surface area contributed by atoms with Crippen molar-refractivity contribution in [2.24, 2.45) is 0 Å². The molecule has 0 saturated carbocycles. The van der Waals surface area contributed by atoms with Crippen LogP contribution in [0.15, 0.2) is 65.6 Å². The Bertz CT molecular complexity index is 1230. The Balaban J connectivity index is 1.57. The number of nitrogens with one attached hydrogen (secondary N) is 1. The lowest BCUT2D eigenvalue weighted by molar-refractivity contribution is -0.124. The fraction of sp³-hybridized carbons (Fsp3) is 0.259. The normalized spacial score (nSPS) is 15.1. The molecule has 0 fully saturated rings. The predicted octanol–water partition coefficient (Wildman–Crippen LogP) is 4.74. The Morgan fingerprint density at radius 3 is 2.33 bits per heavy atom. The fourth-order valence-corrected chi connectivity index (χ4v) is 5.29. The van der Waals surface area contributed by atoms with Crippen LogP contribution in [0.5, 0.6) is 17.2 Å². The molecule has 3 aromatic carbocycles. The monoisotopic (exact) mass is 510 g/mol. The van der Waals surface area contributed by atoms with Crippen molar-refractivity contribution in [3.63, 3.8) is 0 Å². The largest absolute Gasteiger partial charge is 0.493 e. The van der Waals surface area contributed by atoms with Gasteiger partial charge in [0.25, 0.3) is 0 Å². The number of fused-ring (bicyclic) bond motifs is 1. The van der Waals surface area contributed by atoms with Crippen molar-refractivity contribution in [1.82, 2.24) is 5.32 Å². The molecule has 7 nitrogen and oxygen atoms in total. The summed E-state index contributed by atoms with van der Waals surface area (Å²) in [6, 6.07) is 17.1. The number of hydrogen-bond acceptors (Lipinski definition) is 6. The molecule has 1 aliphatic rings. The highest BCUT2D eigenvalue weighted by Gasteiger charge is 2.31. The molecule has 1 aliphatic heterocycles. The fourth-order valence-electron chi connectivity index (χ4n) is 4.03. The second-order valence-electron chi connectivity index (χ2n) is 8.12. The molecule has 0 saturated heterocycles. The highest BCUT2D eigenvalue weighted by atomic mass is 32.2. The van der Waals surface area contributed by atoms with E-state index in [4.69, 9.17) is 14.2 Å². The average Bonchev–Trinajstić information content (AvgIpc) is 3.03. The number of carbonyl (C=O) groups excluding carboxylic acids is 2. The minimum absolute atomic E-state index is 0.125. The molecule has 3 aromatic rings. The van der Waals surface area contributed by atoms with Gasteiger partial charge in [0.15, 0.2) is 11.5 Å². The Morgan fingerprint density at radius 1 is 1.03 bits per heavy atom. The number of anilines is 1. The van der Waals surface area contributed by atoms with Crippen molar-refractivity contribution >= 4 is 29.3 Å². The van der Waals surface area contributed by atoms with Crippen LogP contribution in [-0.2, 0) is 16.1 Å². The molecule has 2 amide bonds. The van der Waals surface area contributed by atoms with E-state index in [2.05, 4.69) is 5.32 Å². The van der Waals surface area contributed by atoms with E-state index in [1.807, 2.05) is 36.4 Å². The van der Waals surface area contributed by atoms with Crippen molar-refractivity contribution in [3.05, 3.63) is 77.6 Å². The van der Waals surface area contributed by atoms with Crippen molar-refractivity contribution in [3.8, 4) is 17.2 Å². The molecule has 0 bridgehead atoms. The Morgan fingerprint density at radius 2 is 1.69 bits per heavy atom. The molecule has 0 aliphatic carbocycles. The zero-order chi connectivity index (χ0) is 25.7. The third kappa shape index (κ3) is 5.57. The number of methoxy groups -OCH3 is 3. The van der Waals surface area contributed by atoms with Gasteiger partial charge in [0, 0.05) is 23.1 Å². The number of hydrogen-bond donors (Lipinski definition) is 1. The van der Waals surface area contributed by atoms with E-state index in [1.165, 1.54) is 17.0 Å². The van der Waals surface area contributed by atoms with Gasteiger partial charge in [0.1, 0.15) is 12.4 Å². The first-order chi connectivity index (χ1) is 17.4. The van der Waals surface area contributed by atoms with Crippen molar-refractivity contribution < 1.29 is 28.2 Å². The summed E-state index contributed by atoms with van der Waals surface area (Å²) in [6.45, 7) is 0.116. The predicted molar refractivity (Wildman–Crippen MR) is 136 cm³/mol. The molecule has 1 heterocycles. The second-order valence-corrected chi connectivity index (χ2v) is 9.36. The minimum Gasteiger partial charge on any atom is -0.493 e. The number of benzene rings is 3. The van der Waals surface area contributed by atoms with E-state index in [-0.39, 0.29) is 42.4 Å². The molecule has 4 rings (SSSR count). The Kier molecular flexibility index (Phi) is 8.00. The first kappa shape index (κ1) is 25.4. The number of thioether (sulfide) groups is 1. The summed E-state index contributed by atoms with van der Waals surface area (Å²) < 4.78 is 29.6. The van der Waals surface area contributed by atoms with Crippen LogP contribution in [0.4, 0.5) is 10.1 Å². The quantitative estimate of drug-likeness (QED) is 0.472. The number of ether oxygens (including phenoxy) is 3. The lowest BCUT2D eigenvalue weighted by atomic mass is 10.1. The van der Waals surface area contributed by atoms with E-state index in [9.17, 15) is 14.0 Å². The van der Waals surface area contributed by atoms with Gasteiger partial charge in [-0.1, -0.05) is 24.3 Å². The van der Waals surface area contributed by atoms with Gasteiger partial charge in [-0.15, -0.1) is 11.8 Å². The number of nitrogens with zero attached hydrogens (tertiary/aromatic N) is 1. The molecule has 0 unspecified atom stereocenters. The molecule has 1 N–H and O–H groups in total. The summed E-state index contributed by atoms with van der Waals surface area (Å²) >= 11 is 1.55. The maximum Gasteiger partial charge on any atom is 0.240 e. The van der Waals surface area contributed by atoms with Crippen LogP contribution >= 0.6 is 11.8 Å². The first-order valence-electron chi connectivity index (χ1n) is 11.3. The van der Waals surface area contributed by atoms with Crippen molar-refractivity contribution in [1.29, 1.82) is 0 Å². The van der Waals surface area contributed by atoms with Gasteiger partial charge >= 0.3 is 0 Å². The van der Waals surface area contributed by atoms with E-state index >= 15 is 0 Å². The highest BCUT2D eigenvalue weighted by molar-refractivity contribution is 7.99. The van der Waals surface area contributed by atoms with Gasteiger partial charge < -0.3 is 24.4 Å². The number of rotatable bonds is 8. The Hall–Kier alpha value is -3.72. The van der Waals surface area contributed by atoms with Gasteiger partial charge in [0.05, 0.1) is 27.0 Å². The number of para-hydroxylation sites is 1. The third-order valence-corrected chi connectivity index (χ3v) is 7.17. The molecule has 0 aromatic heterocycles. The van der Waals surface area contributed by atoms with Gasteiger partial charge in [-0.05, 0) is 47.5 Å². The molecule has 36 heavy (non-hydrogen) atoms. The Labute approximate surface area is 213 Å². The van der Waals surface area contributed by atoms with Gasteiger partial charge in [-0.3, -0.25) is 9.59 Å². The van der Waals surface area contributed by atoms with Crippen LogP contribution < -0.4 is 24.4 Å². The summed E-state index contributed by atoms with van der Waals surface area (Å²) in [7, 11) is 4.64. The van der Waals surface area contributed by atoms with E-state index in [0.717, 1.165) is 16.0 Å². The van der Waals surface area contributed by atoms with Gasteiger partial charge in [-0.25, -0.2) is 4.39 Å². The molecular formula is C27H27FN2O5S. The third-order valence-electron chi connectivity index (χ3n) is 5.85. The zero-order valence-electron chi connectivity index (χ0n) is 20.2. The van der Waals surface area contributed by atoms with Crippen molar-refractivity contribution in [2.75, 3.05) is 32.8 Å². The topological polar surface area (TPSA) is 77.1 Å². The van der Waals surface area contributed by atoms with Crippen LogP contribution in [0.3, 0.4) is 0 Å². The van der Waals surface area contributed by atoms with E-state index in [1.54, 1.807) is 45.2 Å². The lowest BCUT2D eigenvalue weighted by Crippen LogP contribution is -2.40. The first-order valence-corrected chi connectivity index (χ1v) is 12.2. The van der Waals surface area contributed by atoms with Gasteiger partial charge in [-0.2, -0.15) is 0 Å². The van der Waals surface area contributed by atoms with Crippen LogP contribution in [0.25, 0.3) is 0 Å². The summed E-state index contributed by atoms with van der Waals surface area (Å²) in [4.78, 5) is 28.6. The maximum atomic E-state index is 13.4. The lowest BCUT2D eigenvalue weighted by Gasteiger charge is -2.22. The zero-order valence-corrected chi connectivity index (χ0v) is 21.1. The van der Waals surface area contributed by atoms with Crippen molar-refractivity contribution in [2.45, 2.75) is 23.1 Å². The van der Waals surface area contributed by atoms with Crippen LogP contribution in [-0.4, -0.2) is 39.7 Å².